The average molecular weight is 466 g/mol. The molecule has 9 nitrogen and oxygen atoms in total. The Labute approximate surface area is 192 Å². The number of benzene rings is 2. The highest BCUT2D eigenvalue weighted by Crippen LogP contribution is 2.55. The topological polar surface area (TPSA) is 125 Å². The van der Waals surface area contributed by atoms with Crippen LogP contribution in [-0.4, -0.2) is 43.2 Å². The fourth-order valence-corrected chi connectivity index (χ4v) is 5.79. The van der Waals surface area contributed by atoms with Gasteiger partial charge in [-0.1, -0.05) is 30.0 Å². The van der Waals surface area contributed by atoms with Crippen molar-refractivity contribution < 1.29 is 33.4 Å². The van der Waals surface area contributed by atoms with Crippen molar-refractivity contribution in [1.82, 2.24) is 0 Å². The van der Waals surface area contributed by atoms with E-state index in [1.165, 1.54) is 32.4 Å². The van der Waals surface area contributed by atoms with Crippen LogP contribution in [0.15, 0.2) is 53.1 Å². The number of thioether (sulfide) groups is 1. The van der Waals surface area contributed by atoms with Gasteiger partial charge >= 0.3 is 11.9 Å². The Balaban J connectivity index is 1.65. The van der Waals surface area contributed by atoms with Crippen LogP contribution in [0.4, 0.5) is 5.69 Å². The van der Waals surface area contributed by atoms with Gasteiger partial charge in [0.2, 0.25) is 11.8 Å². The third kappa shape index (κ3) is 3.01. The maximum atomic E-state index is 13.8. The van der Waals surface area contributed by atoms with E-state index in [1.54, 1.807) is 24.3 Å². The Morgan fingerprint density at radius 3 is 2.58 bits per heavy atom. The number of amides is 2. The first-order valence-corrected chi connectivity index (χ1v) is 10.9. The summed E-state index contributed by atoms with van der Waals surface area (Å²) in [6.45, 7) is 0. The monoisotopic (exact) mass is 466 g/mol. The first kappa shape index (κ1) is 21.1. The predicted octanol–water partition coefficient (Wildman–Crippen LogP) is 1.96. The molecule has 2 amide bonds. The van der Waals surface area contributed by atoms with E-state index in [1.807, 2.05) is 0 Å². The first-order valence-electron chi connectivity index (χ1n) is 9.99. The molecule has 1 fully saturated rings. The Kier molecular flexibility index (Phi) is 4.89. The normalized spacial score (nSPS) is 23.5. The average Bonchev–Trinajstić information content (AvgIpc) is 3.07. The summed E-state index contributed by atoms with van der Waals surface area (Å²) in [6.07, 6.45) is 0. The van der Waals surface area contributed by atoms with Crippen molar-refractivity contribution in [1.29, 1.82) is 0 Å². The highest BCUT2D eigenvalue weighted by Gasteiger charge is 2.59. The van der Waals surface area contributed by atoms with Gasteiger partial charge in [0.1, 0.15) is 16.7 Å². The van der Waals surface area contributed by atoms with Crippen molar-refractivity contribution in [3.05, 3.63) is 64.2 Å². The van der Waals surface area contributed by atoms with Crippen LogP contribution in [0.1, 0.15) is 21.8 Å². The summed E-state index contributed by atoms with van der Waals surface area (Å²) in [5.74, 6) is -3.33. The maximum Gasteiger partial charge on any atom is 0.342 e. The van der Waals surface area contributed by atoms with Gasteiger partial charge in [0.15, 0.2) is 0 Å². The number of carbonyl (C=O) groups is 4. The number of para-hydroxylation sites is 1. The molecule has 2 aromatic carbocycles. The quantitative estimate of drug-likeness (QED) is 0.410. The van der Waals surface area contributed by atoms with E-state index in [2.05, 4.69) is 0 Å². The largest absolute Gasteiger partial charge is 0.495 e. The van der Waals surface area contributed by atoms with Gasteiger partial charge in [-0.05, 0) is 24.3 Å². The van der Waals surface area contributed by atoms with Crippen LogP contribution < -0.4 is 20.1 Å². The molecule has 33 heavy (non-hydrogen) atoms. The van der Waals surface area contributed by atoms with Crippen molar-refractivity contribution in [2.75, 3.05) is 19.1 Å². The Hall–Kier alpha value is -3.79. The van der Waals surface area contributed by atoms with Crippen LogP contribution in [-0.2, 0) is 19.1 Å². The Morgan fingerprint density at radius 1 is 1.09 bits per heavy atom. The SMILES string of the molecule is COC(=O)c1ccc(OC)c(N2C(=O)[C@@H]3[C@@H](SC(N)=C4C(=O)Oc5ccccc5[C@H]43)C2=O)c1. The number of hydrogen-bond donors (Lipinski definition) is 1. The lowest BCUT2D eigenvalue weighted by Crippen LogP contribution is -2.39. The summed E-state index contributed by atoms with van der Waals surface area (Å²) >= 11 is 0.972. The molecule has 5 rings (SSSR count). The highest BCUT2D eigenvalue weighted by atomic mass is 32.2. The number of rotatable bonds is 3. The molecular weight excluding hydrogens is 448 g/mol. The number of nitrogens with zero attached hydrogens (tertiary/aromatic N) is 1. The zero-order valence-electron chi connectivity index (χ0n) is 17.6. The van der Waals surface area contributed by atoms with Crippen LogP contribution in [0.5, 0.6) is 11.5 Å². The number of carbonyl (C=O) groups excluding carboxylic acids is 4. The number of methoxy groups -OCH3 is 2. The van der Waals surface area contributed by atoms with E-state index >= 15 is 0 Å². The molecule has 0 aliphatic carbocycles. The third-order valence-electron chi connectivity index (χ3n) is 6.00. The molecule has 2 aromatic rings. The summed E-state index contributed by atoms with van der Waals surface area (Å²) in [5.41, 5.74) is 7.27. The molecule has 0 aromatic heterocycles. The summed E-state index contributed by atoms with van der Waals surface area (Å²) < 4.78 is 15.5. The van der Waals surface area contributed by atoms with Crippen LogP contribution in [0.2, 0.25) is 0 Å². The minimum absolute atomic E-state index is 0.122. The van der Waals surface area contributed by atoms with E-state index in [-0.39, 0.29) is 27.6 Å². The Bertz CT molecular complexity index is 1270. The predicted molar refractivity (Wildman–Crippen MR) is 118 cm³/mol. The Morgan fingerprint density at radius 2 is 1.85 bits per heavy atom. The van der Waals surface area contributed by atoms with Gasteiger partial charge in [-0.15, -0.1) is 0 Å². The molecular formula is C23H18N2O7S. The second-order valence-electron chi connectivity index (χ2n) is 7.64. The fraction of sp³-hybridized carbons (Fsp3) is 0.217. The molecule has 10 heteroatoms. The lowest BCUT2D eigenvalue weighted by Gasteiger charge is -2.36. The van der Waals surface area contributed by atoms with Crippen molar-refractivity contribution in [2.45, 2.75) is 11.2 Å². The van der Waals surface area contributed by atoms with Crippen LogP contribution >= 0.6 is 11.8 Å². The van der Waals surface area contributed by atoms with Gasteiger partial charge in [0.05, 0.1) is 42.0 Å². The van der Waals surface area contributed by atoms with Gasteiger partial charge in [0, 0.05) is 11.5 Å². The fourth-order valence-electron chi connectivity index (χ4n) is 4.55. The van der Waals surface area contributed by atoms with Gasteiger partial charge in [-0.3, -0.25) is 9.59 Å². The number of anilines is 1. The van der Waals surface area contributed by atoms with E-state index in [4.69, 9.17) is 19.9 Å². The number of fused-ring (bicyclic) bond motifs is 5. The van der Waals surface area contributed by atoms with Gasteiger partial charge < -0.3 is 19.9 Å². The molecule has 0 unspecified atom stereocenters. The molecule has 3 heterocycles. The molecule has 3 aliphatic heterocycles. The highest BCUT2D eigenvalue weighted by molar-refractivity contribution is 8.04. The van der Waals surface area contributed by atoms with Crippen LogP contribution in [0.25, 0.3) is 0 Å². The van der Waals surface area contributed by atoms with Crippen molar-refractivity contribution in [3.8, 4) is 11.5 Å². The van der Waals surface area contributed by atoms with Crippen molar-refractivity contribution in [3.63, 3.8) is 0 Å². The van der Waals surface area contributed by atoms with Gasteiger partial charge in [0.25, 0.3) is 0 Å². The molecule has 1 saturated heterocycles. The molecule has 168 valence electrons. The van der Waals surface area contributed by atoms with Crippen molar-refractivity contribution >= 4 is 41.2 Å². The third-order valence-corrected chi connectivity index (χ3v) is 7.23. The van der Waals surface area contributed by atoms with Gasteiger partial charge in [-0.2, -0.15) is 0 Å². The summed E-state index contributed by atoms with van der Waals surface area (Å²) in [6, 6.07) is 11.2. The van der Waals surface area contributed by atoms with E-state index < -0.39 is 40.8 Å². The molecule has 2 N–H and O–H groups in total. The molecule has 0 saturated carbocycles. The minimum Gasteiger partial charge on any atom is -0.495 e. The van der Waals surface area contributed by atoms with Crippen LogP contribution in [0.3, 0.4) is 0 Å². The number of esters is 2. The lowest BCUT2D eigenvalue weighted by atomic mass is 9.77. The molecule has 3 aliphatic rings. The summed E-state index contributed by atoms with van der Waals surface area (Å²) in [5, 5.41) is -0.698. The van der Waals surface area contributed by atoms with E-state index in [0.717, 1.165) is 16.7 Å². The molecule has 0 bridgehead atoms. The second-order valence-corrected chi connectivity index (χ2v) is 8.82. The van der Waals surface area contributed by atoms with Crippen molar-refractivity contribution in [2.24, 2.45) is 11.7 Å². The smallest absolute Gasteiger partial charge is 0.342 e. The van der Waals surface area contributed by atoms with E-state index in [9.17, 15) is 19.2 Å². The zero-order valence-corrected chi connectivity index (χ0v) is 18.4. The standard InChI is InChI=1S/C23H18N2O7S/c1-30-14-8-7-10(22(28)31-2)9-12(14)25-20(26)16-15-11-5-3-4-6-13(11)32-23(29)17(15)19(24)33-18(16)21(25)27/h3-9,15-16,18H,24H2,1-2H3/t15-,16-,18+/m0/s1. The summed E-state index contributed by atoms with van der Waals surface area (Å²) in [7, 11) is 2.63. The first-order chi connectivity index (χ1) is 15.9. The van der Waals surface area contributed by atoms with E-state index in [0.29, 0.717) is 11.3 Å². The summed E-state index contributed by atoms with van der Waals surface area (Å²) in [4.78, 5) is 53.1. The molecule has 0 radical (unpaired) electrons. The minimum atomic E-state index is -0.884. The van der Waals surface area contributed by atoms with Crippen LogP contribution in [0, 0.1) is 5.92 Å². The zero-order chi connectivity index (χ0) is 23.4. The second kappa shape index (κ2) is 7.66. The number of nitrogens with two attached hydrogens (primary N) is 1. The number of hydrogen-bond acceptors (Lipinski definition) is 9. The molecule has 3 atom stereocenters. The molecule has 0 spiro atoms. The maximum absolute atomic E-state index is 13.8. The number of ether oxygens (including phenoxy) is 3. The van der Waals surface area contributed by atoms with Gasteiger partial charge in [-0.25, -0.2) is 14.5 Å². The number of imide groups is 1. The lowest BCUT2D eigenvalue weighted by molar-refractivity contribution is -0.131.